The van der Waals surface area contributed by atoms with Gasteiger partial charge in [-0.15, -0.1) is 24.8 Å². The summed E-state index contributed by atoms with van der Waals surface area (Å²) in [4.78, 5) is 9.90. The summed E-state index contributed by atoms with van der Waals surface area (Å²) in [5.74, 6) is 0.864. The van der Waals surface area contributed by atoms with Crippen LogP contribution in [0.4, 0.5) is 0 Å². The number of piperidine rings is 1. The van der Waals surface area contributed by atoms with Crippen LogP contribution in [-0.4, -0.2) is 44.8 Å². The van der Waals surface area contributed by atoms with Crippen LogP contribution >= 0.6 is 24.8 Å². The summed E-state index contributed by atoms with van der Waals surface area (Å²) in [5, 5.41) is 10.9. The molecular formula is C17H25Cl2N3O2. The fourth-order valence-electron chi connectivity index (χ4n) is 3.78. The van der Waals surface area contributed by atoms with E-state index in [0.717, 1.165) is 35.4 Å². The summed E-state index contributed by atoms with van der Waals surface area (Å²) in [6.45, 7) is 6.01. The number of halogens is 2. The van der Waals surface area contributed by atoms with Crippen LogP contribution in [0.1, 0.15) is 44.7 Å². The van der Waals surface area contributed by atoms with E-state index in [-0.39, 0.29) is 30.9 Å². The van der Waals surface area contributed by atoms with E-state index >= 15 is 0 Å². The third kappa shape index (κ3) is 3.10. The molecule has 0 bridgehead atoms. The molecule has 5 nitrogen and oxygen atoms in total. The number of rotatable bonds is 1. The maximum Gasteiger partial charge on any atom is 0.131 e. The zero-order valence-electron chi connectivity index (χ0n) is 14.0. The minimum atomic E-state index is -0.594. The molecule has 2 unspecified atom stereocenters. The van der Waals surface area contributed by atoms with Crippen LogP contribution in [0.3, 0.4) is 0 Å². The normalized spacial score (nSPS) is 26.0. The number of aromatic amines is 1. The smallest absolute Gasteiger partial charge is 0.131 e. The van der Waals surface area contributed by atoms with Crippen molar-refractivity contribution in [2.45, 2.75) is 50.9 Å². The van der Waals surface area contributed by atoms with Crippen LogP contribution in [0.25, 0.3) is 11.0 Å². The lowest BCUT2D eigenvalue weighted by Gasteiger charge is -2.47. The maximum absolute atomic E-state index is 10.9. The predicted molar refractivity (Wildman–Crippen MR) is 99.5 cm³/mol. The summed E-state index contributed by atoms with van der Waals surface area (Å²) in [5.41, 5.74) is 2.37. The standard InChI is InChI=1S/C17H23N3O2.2ClH/c1-17(2)16(21)15(20-6-4-3-5-7-20)11-8-12-13(19-10-18-12)9-14(11)22-17;;/h8-10,15-16,21H,3-7H2,1-2H3,(H,18,19);2*1H. The van der Waals surface area contributed by atoms with E-state index in [2.05, 4.69) is 20.9 Å². The van der Waals surface area contributed by atoms with Gasteiger partial charge < -0.3 is 14.8 Å². The number of fused-ring (bicyclic) bond motifs is 2. The molecule has 2 aliphatic heterocycles. The number of hydrogen-bond donors (Lipinski definition) is 2. The Bertz CT molecular complexity index is 698. The van der Waals surface area contributed by atoms with Gasteiger partial charge in [0.1, 0.15) is 17.5 Å². The van der Waals surface area contributed by atoms with Gasteiger partial charge in [-0.2, -0.15) is 0 Å². The zero-order chi connectivity index (χ0) is 15.3. The molecule has 0 aliphatic carbocycles. The second-order valence-corrected chi connectivity index (χ2v) is 7.00. The highest BCUT2D eigenvalue weighted by atomic mass is 35.5. The van der Waals surface area contributed by atoms with Crippen molar-refractivity contribution in [1.82, 2.24) is 14.9 Å². The second kappa shape index (κ2) is 7.08. The van der Waals surface area contributed by atoms with E-state index in [0.29, 0.717) is 0 Å². The van der Waals surface area contributed by atoms with Crippen molar-refractivity contribution in [3.8, 4) is 5.75 Å². The van der Waals surface area contributed by atoms with Gasteiger partial charge in [0.05, 0.1) is 23.4 Å². The maximum atomic E-state index is 10.9. The van der Waals surface area contributed by atoms with Gasteiger partial charge in [0.25, 0.3) is 0 Å². The lowest BCUT2D eigenvalue weighted by Crippen LogP contribution is -2.54. The van der Waals surface area contributed by atoms with Crippen molar-refractivity contribution in [2.75, 3.05) is 13.1 Å². The van der Waals surface area contributed by atoms with Crippen molar-refractivity contribution in [3.05, 3.63) is 24.0 Å². The Hall–Kier alpha value is -1.01. The Morgan fingerprint density at radius 1 is 1.21 bits per heavy atom. The minimum Gasteiger partial charge on any atom is -0.485 e. The molecule has 0 radical (unpaired) electrons. The quantitative estimate of drug-likeness (QED) is 0.803. The Morgan fingerprint density at radius 3 is 2.62 bits per heavy atom. The van der Waals surface area contributed by atoms with Crippen LogP contribution in [0.15, 0.2) is 18.5 Å². The fourth-order valence-corrected chi connectivity index (χ4v) is 3.78. The Morgan fingerprint density at radius 2 is 1.92 bits per heavy atom. The highest BCUT2D eigenvalue weighted by Crippen LogP contribution is 2.44. The molecule has 3 heterocycles. The van der Waals surface area contributed by atoms with Crippen LogP contribution in [0.5, 0.6) is 5.75 Å². The molecule has 1 fully saturated rings. The first-order valence-electron chi connectivity index (χ1n) is 8.14. The number of nitrogens with one attached hydrogen (secondary N) is 1. The lowest BCUT2D eigenvalue weighted by atomic mass is 9.84. The molecule has 24 heavy (non-hydrogen) atoms. The molecule has 0 spiro atoms. The SMILES string of the molecule is CC1(C)Oc2cc3[nH]cnc3cc2C(N2CCCCC2)C1O.Cl.Cl. The number of ether oxygens (including phenoxy) is 1. The monoisotopic (exact) mass is 373 g/mol. The molecule has 1 aromatic heterocycles. The Labute approximate surface area is 154 Å². The van der Waals surface area contributed by atoms with Crippen molar-refractivity contribution in [2.24, 2.45) is 0 Å². The molecule has 2 atom stereocenters. The molecule has 7 heteroatoms. The zero-order valence-corrected chi connectivity index (χ0v) is 15.6. The molecule has 2 aromatic rings. The number of aliphatic hydroxyl groups excluding tert-OH is 1. The molecule has 2 N–H and O–H groups in total. The van der Waals surface area contributed by atoms with E-state index in [1.165, 1.54) is 19.3 Å². The first-order chi connectivity index (χ1) is 10.6. The van der Waals surface area contributed by atoms with E-state index in [1.807, 2.05) is 19.9 Å². The number of hydrogen-bond acceptors (Lipinski definition) is 4. The molecular weight excluding hydrogens is 349 g/mol. The van der Waals surface area contributed by atoms with Crippen molar-refractivity contribution < 1.29 is 9.84 Å². The van der Waals surface area contributed by atoms with E-state index < -0.39 is 11.7 Å². The molecule has 134 valence electrons. The van der Waals surface area contributed by atoms with Gasteiger partial charge in [0.15, 0.2) is 0 Å². The average Bonchev–Trinajstić information content (AvgIpc) is 2.94. The summed E-state index contributed by atoms with van der Waals surface area (Å²) in [7, 11) is 0. The average molecular weight is 374 g/mol. The van der Waals surface area contributed by atoms with Gasteiger partial charge in [-0.3, -0.25) is 4.90 Å². The minimum absolute atomic E-state index is 0. The van der Waals surface area contributed by atoms with Crippen molar-refractivity contribution >= 4 is 35.8 Å². The highest BCUT2D eigenvalue weighted by Gasteiger charge is 2.45. The van der Waals surface area contributed by atoms with Gasteiger partial charge in [-0.1, -0.05) is 6.42 Å². The van der Waals surface area contributed by atoms with Crippen LogP contribution in [0.2, 0.25) is 0 Å². The molecule has 0 saturated carbocycles. The first kappa shape index (κ1) is 19.3. The number of benzene rings is 1. The molecule has 4 rings (SSSR count). The van der Waals surface area contributed by atoms with Crippen LogP contribution in [-0.2, 0) is 0 Å². The predicted octanol–water partition coefficient (Wildman–Crippen LogP) is 3.47. The van der Waals surface area contributed by atoms with Gasteiger partial charge in [-0.25, -0.2) is 4.98 Å². The number of H-pyrrole nitrogens is 1. The number of likely N-dealkylation sites (tertiary alicyclic amines) is 1. The van der Waals surface area contributed by atoms with Crippen molar-refractivity contribution in [3.63, 3.8) is 0 Å². The Kier molecular flexibility index (Phi) is 5.70. The molecule has 1 saturated heterocycles. The largest absolute Gasteiger partial charge is 0.485 e. The highest BCUT2D eigenvalue weighted by molar-refractivity contribution is 5.85. The summed E-state index contributed by atoms with van der Waals surface area (Å²) in [6, 6.07) is 4.07. The number of aliphatic hydroxyl groups is 1. The fraction of sp³-hybridized carbons (Fsp3) is 0.588. The second-order valence-electron chi connectivity index (χ2n) is 7.00. The third-order valence-electron chi connectivity index (χ3n) is 5.04. The van der Waals surface area contributed by atoms with Gasteiger partial charge in [0.2, 0.25) is 0 Å². The van der Waals surface area contributed by atoms with Gasteiger partial charge in [-0.05, 0) is 45.8 Å². The summed E-state index contributed by atoms with van der Waals surface area (Å²) in [6.07, 6.45) is 4.84. The van der Waals surface area contributed by atoms with E-state index in [1.54, 1.807) is 6.33 Å². The van der Waals surface area contributed by atoms with Crippen molar-refractivity contribution in [1.29, 1.82) is 0 Å². The van der Waals surface area contributed by atoms with Crippen LogP contribution < -0.4 is 4.74 Å². The van der Waals surface area contributed by atoms with Crippen LogP contribution in [0, 0.1) is 0 Å². The Balaban J connectivity index is 0.00000104. The third-order valence-corrected chi connectivity index (χ3v) is 5.04. The molecule has 2 aliphatic rings. The number of imidazole rings is 1. The topological polar surface area (TPSA) is 61.4 Å². The van der Waals surface area contributed by atoms with E-state index in [9.17, 15) is 5.11 Å². The number of nitrogens with zero attached hydrogens (tertiary/aromatic N) is 2. The van der Waals surface area contributed by atoms with Gasteiger partial charge >= 0.3 is 0 Å². The van der Waals surface area contributed by atoms with E-state index in [4.69, 9.17) is 4.74 Å². The molecule has 1 aromatic carbocycles. The summed E-state index contributed by atoms with van der Waals surface area (Å²) < 4.78 is 6.11. The number of aromatic nitrogens is 2. The molecule has 0 amide bonds. The summed E-state index contributed by atoms with van der Waals surface area (Å²) >= 11 is 0. The lowest BCUT2D eigenvalue weighted by molar-refractivity contribution is -0.0960. The first-order valence-corrected chi connectivity index (χ1v) is 8.14. The van der Waals surface area contributed by atoms with Gasteiger partial charge in [0, 0.05) is 11.6 Å².